The molecule has 1 rings (SSSR count). The third-order valence-corrected chi connectivity index (χ3v) is 1.90. The number of hydrazine groups is 1. The molecule has 0 aromatic carbocycles. The molecule has 0 unspecified atom stereocenters. The Hall–Kier alpha value is -0.790. The van der Waals surface area contributed by atoms with Gasteiger partial charge in [-0.1, -0.05) is 0 Å². The lowest BCUT2D eigenvalue weighted by atomic mass is 10.7. The molecule has 11 heavy (non-hydrogen) atoms. The molecule has 0 aliphatic carbocycles. The van der Waals surface area contributed by atoms with Crippen molar-refractivity contribution in [1.82, 2.24) is 9.80 Å². The maximum absolute atomic E-state index is 5.04. The van der Waals surface area contributed by atoms with Crippen LogP contribution in [0.25, 0.3) is 0 Å². The van der Waals surface area contributed by atoms with Crippen molar-refractivity contribution in [2.24, 2.45) is 5.84 Å². The fraction of sp³-hybridized carbons (Fsp3) is 0.250. The number of thiocarbonyl (C=S) groups is 1. The largest absolute Gasteiger partial charge is 0.318 e. The monoisotopic (exact) mass is 190 g/mol. The highest BCUT2D eigenvalue weighted by atomic mass is 32.1. The van der Waals surface area contributed by atoms with Crippen molar-refractivity contribution in [2.45, 2.75) is 6.92 Å². The summed E-state index contributed by atoms with van der Waals surface area (Å²) in [7, 11) is 0. The molecular weight excluding hydrogens is 182 g/mol. The van der Waals surface area contributed by atoms with Crippen LogP contribution in [0.5, 0.6) is 0 Å². The van der Waals surface area contributed by atoms with E-state index in [0.29, 0.717) is 5.11 Å². The normalized spacial score (nSPS) is 9.27. The summed E-state index contributed by atoms with van der Waals surface area (Å²) in [5.41, 5.74) is 2.30. The van der Waals surface area contributed by atoms with Crippen LogP contribution in [0.4, 0.5) is 5.13 Å². The van der Waals surface area contributed by atoms with Gasteiger partial charge in [-0.15, -0.1) is 0 Å². The molecule has 0 bridgehead atoms. The molecule has 60 valence electrons. The van der Waals surface area contributed by atoms with Gasteiger partial charge in [0.1, 0.15) is 11.5 Å². The van der Waals surface area contributed by atoms with Gasteiger partial charge in [0.15, 0.2) is 0 Å². The average Bonchev–Trinajstić information content (AvgIpc) is 2.35. The van der Waals surface area contributed by atoms with E-state index in [1.807, 2.05) is 6.92 Å². The standard InChI is InChI=1S/C4H7N5S2/c1-2-6-4(11-9-2)7-3(10)8-5/h5H2,1H3,(H2,6,7,8,9,10)/p+1. The number of aromatic nitrogens is 2. The van der Waals surface area contributed by atoms with E-state index in [-0.39, 0.29) is 0 Å². The molecule has 0 amide bonds. The molecule has 0 saturated carbocycles. The zero-order valence-electron chi connectivity index (χ0n) is 5.84. The zero-order valence-corrected chi connectivity index (χ0v) is 7.47. The van der Waals surface area contributed by atoms with Crippen molar-refractivity contribution in [3.05, 3.63) is 5.82 Å². The molecular formula is C4H8N5S2+. The van der Waals surface area contributed by atoms with E-state index in [0.717, 1.165) is 11.0 Å². The fourth-order valence-electron chi connectivity index (χ4n) is 0.517. The first kappa shape index (κ1) is 8.31. The average molecular weight is 190 g/mol. The third-order valence-electron chi connectivity index (χ3n) is 0.926. The van der Waals surface area contributed by atoms with Crippen molar-refractivity contribution in [1.29, 1.82) is 0 Å². The van der Waals surface area contributed by atoms with Crippen LogP contribution in [-0.4, -0.2) is 9.49 Å². The van der Waals surface area contributed by atoms with Gasteiger partial charge in [0.05, 0.1) is 0 Å². The van der Waals surface area contributed by atoms with Crippen LogP contribution in [0.15, 0.2) is 0 Å². The Morgan fingerprint density at radius 1 is 1.82 bits per heavy atom. The molecule has 0 atom stereocenters. The minimum absolute atomic E-state index is 0.366. The first-order chi connectivity index (χ1) is 5.22. The van der Waals surface area contributed by atoms with Gasteiger partial charge < -0.3 is 0 Å². The van der Waals surface area contributed by atoms with Crippen molar-refractivity contribution in [2.75, 3.05) is 5.32 Å². The lowest BCUT2D eigenvalue weighted by molar-refractivity contribution is -0.367. The molecule has 0 spiro atoms. The Bertz CT molecular complexity index is 257. The van der Waals surface area contributed by atoms with Crippen LogP contribution in [0.3, 0.4) is 0 Å². The molecule has 0 radical (unpaired) electrons. The highest BCUT2D eigenvalue weighted by Crippen LogP contribution is 2.03. The molecule has 0 aliphatic rings. The Balaban J connectivity index is 2.57. The highest BCUT2D eigenvalue weighted by molar-refractivity contribution is 7.80. The summed E-state index contributed by atoms with van der Waals surface area (Å²) in [6.45, 7) is 1.86. The van der Waals surface area contributed by atoms with E-state index in [9.17, 15) is 0 Å². The molecule has 1 heterocycles. The molecule has 0 aliphatic heterocycles. The first-order valence-electron chi connectivity index (χ1n) is 2.85. The topological polar surface area (TPSA) is 77.1 Å². The Labute approximate surface area is 73.2 Å². The number of hydrogen-bond donors (Lipinski definition) is 3. The van der Waals surface area contributed by atoms with Crippen LogP contribution in [0.1, 0.15) is 5.82 Å². The Kier molecular flexibility index (Phi) is 2.69. The van der Waals surface area contributed by atoms with E-state index < -0.39 is 0 Å². The second kappa shape index (κ2) is 3.56. The van der Waals surface area contributed by atoms with Crippen LogP contribution in [0.2, 0.25) is 0 Å². The Morgan fingerprint density at radius 3 is 3.00 bits per heavy atom. The predicted molar refractivity (Wildman–Crippen MR) is 47.0 cm³/mol. The second-order valence-electron chi connectivity index (χ2n) is 1.82. The maximum atomic E-state index is 5.04. The number of rotatable bonds is 1. The smallest absolute Gasteiger partial charge is 0.288 e. The summed E-state index contributed by atoms with van der Waals surface area (Å²) in [6, 6.07) is 0. The van der Waals surface area contributed by atoms with Crippen molar-refractivity contribution in [3.63, 3.8) is 0 Å². The molecule has 7 heteroatoms. The van der Waals surface area contributed by atoms with Gasteiger partial charge in [-0.3, -0.25) is 5.43 Å². The van der Waals surface area contributed by atoms with Gasteiger partial charge in [-0.25, -0.2) is 16.1 Å². The quantitative estimate of drug-likeness (QED) is 0.314. The van der Waals surface area contributed by atoms with Crippen LogP contribution in [0, 0.1) is 6.92 Å². The van der Waals surface area contributed by atoms with Crippen LogP contribution >= 0.6 is 23.8 Å². The van der Waals surface area contributed by atoms with Crippen LogP contribution < -0.4 is 21.6 Å². The van der Waals surface area contributed by atoms with Gasteiger partial charge in [0.25, 0.3) is 0 Å². The van der Waals surface area contributed by atoms with Gasteiger partial charge in [0, 0.05) is 6.92 Å². The maximum Gasteiger partial charge on any atom is 0.318 e. The summed E-state index contributed by atoms with van der Waals surface area (Å²) in [5, 5.41) is 3.94. The fourth-order valence-corrected chi connectivity index (χ4v) is 1.30. The summed E-state index contributed by atoms with van der Waals surface area (Å²) in [5.74, 6) is 5.89. The predicted octanol–water partition coefficient (Wildman–Crippen LogP) is -0.574. The molecule has 0 fully saturated rings. The number of anilines is 1. The number of nitrogens with two attached hydrogens (primary N) is 1. The molecule has 5 N–H and O–H groups in total. The highest BCUT2D eigenvalue weighted by Gasteiger charge is 2.07. The van der Waals surface area contributed by atoms with E-state index >= 15 is 0 Å². The van der Waals surface area contributed by atoms with Gasteiger partial charge in [-0.2, -0.15) is 0 Å². The summed E-state index contributed by atoms with van der Waals surface area (Å²) in [4.78, 5) is 2.95. The minimum atomic E-state index is 0.366. The van der Waals surface area contributed by atoms with Gasteiger partial charge in [-0.05, 0) is 16.6 Å². The number of nitrogens with one attached hydrogen (secondary N) is 3. The van der Waals surface area contributed by atoms with E-state index in [4.69, 9.17) is 18.1 Å². The van der Waals surface area contributed by atoms with Crippen molar-refractivity contribution >= 4 is 34.0 Å². The second-order valence-corrected chi connectivity index (χ2v) is 3.00. The molecule has 1 aromatic rings. The molecule has 0 saturated heterocycles. The number of H-pyrrole nitrogens is 1. The molecule has 1 aromatic heterocycles. The van der Waals surface area contributed by atoms with E-state index in [2.05, 4.69) is 20.1 Å². The van der Waals surface area contributed by atoms with Gasteiger partial charge in [0.2, 0.25) is 10.9 Å². The van der Waals surface area contributed by atoms with E-state index in [1.54, 1.807) is 0 Å². The summed E-state index contributed by atoms with van der Waals surface area (Å²) < 4.78 is 4.00. The van der Waals surface area contributed by atoms with E-state index in [1.165, 1.54) is 11.5 Å². The molecule has 5 nitrogen and oxygen atoms in total. The summed E-state index contributed by atoms with van der Waals surface area (Å²) >= 11 is 6.05. The first-order valence-corrected chi connectivity index (χ1v) is 4.03. The van der Waals surface area contributed by atoms with Crippen LogP contribution in [-0.2, 0) is 0 Å². The van der Waals surface area contributed by atoms with Crippen molar-refractivity contribution < 1.29 is 4.98 Å². The number of aromatic amines is 1. The number of aryl methyl sites for hydroxylation is 1. The number of nitrogens with zero attached hydrogens (tertiary/aromatic N) is 1. The lowest BCUT2D eigenvalue weighted by Crippen LogP contribution is -2.35. The Morgan fingerprint density at radius 2 is 2.55 bits per heavy atom. The third kappa shape index (κ3) is 2.37. The summed E-state index contributed by atoms with van der Waals surface area (Å²) in [6.07, 6.45) is 0. The minimum Gasteiger partial charge on any atom is -0.288 e. The lowest BCUT2D eigenvalue weighted by Gasteiger charge is -1.94. The van der Waals surface area contributed by atoms with Crippen molar-refractivity contribution in [3.8, 4) is 0 Å². The SMILES string of the molecule is Cc1nsc(NC(=S)NN)[nH+]1. The zero-order chi connectivity index (χ0) is 8.27. The number of hydrogen-bond acceptors (Lipinski definition) is 4. The van der Waals surface area contributed by atoms with Gasteiger partial charge >= 0.3 is 5.13 Å².